The molecule has 178 valence electrons. The zero-order valence-electron chi connectivity index (χ0n) is 19.0. The van der Waals surface area contributed by atoms with Crippen LogP contribution in [0.5, 0.6) is 17.2 Å². The van der Waals surface area contributed by atoms with E-state index < -0.39 is 5.97 Å². The molecule has 0 unspecified atom stereocenters. The van der Waals surface area contributed by atoms with Crippen LogP contribution in [0, 0.1) is 5.92 Å². The van der Waals surface area contributed by atoms with Gasteiger partial charge in [0.15, 0.2) is 22.9 Å². The van der Waals surface area contributed by atoms with Gasteiger partial charge in [-0.15, -0.1) is 0 Å². The third kappa shape index (κ3) is 4.39. The van der Waals surface area contributed by atoms with Crippen LogP contribution in [-0.2, 0) is 11.3 Å². The van der Waals surface area contributed by atoms with Gasteiger partial charge in [-0.1, -0.05) is 41.3 Å². The number of hydrogen-bond acceptors (Lipinski definition) is 6. The molecular weight excluding hydrogens is 502 g/mol. The predicted molar refractivity (Wildman–Crippen MR) is 131 cm³/mol. The quantitative estimate of drug-likeness (QED) is 0.405. The third-order valence-corrected chi connectivity index (χ3v) is 7.02. The van der Waals surface area contributed by atoms with Gasteiger partial charge in [-0.05, 0) is 54.7 Å². The first kappa shape index (κ1) is 22.8. The number of halogens is 1. The molecule has 1 aliphatic heterocycles. The number of hydrogen-bond donors (Lipinski definition) is 0. The van der Waals surface area contributed by atoms with Crippen molar-refractivity contribution >= 4 is 32.7 Å². The summed E-state index contributed by atoms with van der Waals surface area (Å²) in [6, 6.07) is 10.9. The van der Waals surface area contributed by atoms with Crippen molar-refractivity contribution in [3.8, 4) is 17.2 Å². The van der Waals surface area contributed by atoms with Crippen LogP contribution in [-0.4, -0.2) is 31.0 Å². The highest BCUT2D eigenvalue weighted by molar-refractivity contribution is 9.10. The zero-order valence-corrected chi connectivity index (χ0v) is 20.6. The Morgan fingerprint density at radius 1 is 1.06 bits per heavy atom. The first-order chi connectivity index (χ1) is 16.5. The molecule has 3 aromatic rings. The minimum Gasteiger partial charge on any atom is -0.490 e. The molecule has 8 heteroatoms. The van der Waals surface area contributed by atoms with E-state index >= 15 is 0 Å². The second-order valence-corrected chi connectivity index (χ2v) is 9.67. The fourth-order valence-corrected chi connectivity index (χ4v) is 5.12. The number of ether oxygens (including phenoxy) is 4. The number of nitrogens with zero attached hydrogens (tertiary/aromatic N) is 1. The van der Waals surface area contributed by atoms with Crippen molar-refractivity contribution in [1.82, 2.24) is 4.57 Å². The van der Waals surface area contributed by atoms with E-state index in [1.165, 1.54) is 30.9 Å². The Hall–Kier alpha value is -3.00. The molecule has 1 aliphatic carbocycles. The number of rotatable bonds is 6. The molecule has 0 radical (unpaired) electrons. The van der Waals surface area contributed by atoms with Crippen LogP contribution in [0.4, 0.5) is 0 Å². The van der Waals surface area contributed by atoms with Crippen molar-refractivity contribution < 1.29 is 23.7 Å². The number of pyridine rings is 1. The van der Waals surface area contributed by atoms with Crippen molar-refractivity contribution in [2.24, 2.45) is 5.92 Å². The number of aromatic nitrogens is 1. The number of carbonyl (C=O) groups is 1. The zero-order chi connectivity index (χ0) is 23.7. The lowest BCUT2D eigenvalue weighted by Crippen LogP contribution is -2.29. The molecule has 34 heavy (non-hydrogen) atoms. The number of fused-ring (bicyclic) bond motifs is 2. The summed E-state index contributed by atoms with van der Waals surface area (Å²) in [6.07, 6.45) is 5.83. The van der Waals surface area contributed by atoms with Crippen LogP contribution in [0.25, 0.3) is 10.8 Å². The second-order valence-electron chi connectivity index (χ2n) is 8.75. The lowest BCUT2D eigenvalue weighted by atomic mass is 9.90. The van der Waals surface area contributed by atoms with E-state index in [0.717, 1.165) is 22.9 Å². The van der Waals surface area contributed by atoms with Gasteiger partial charge in [-0.2, -0.15) is 0 Å². The Kier molecular flexibility index (Phi) is 6.50. The van der Waals surface area contributed by atoms with Crippen LogP contribution < -0.4 is 19.8 Å². The third-order valence-electron chi connectivity index (χ3n) is 6.53. The molecule has 1 saturated carbocycles. The van der Waals surface area contributed by atoms with Gasteiger partial charge < -0.3 is 18.9 Å². The summed E-state index contributed by atoms with van der Waals surface area (Å²) in [5.74, 6) is 1.47. The fraction of sp³-hybridized carbons (Fsp3) is 0.385. The largest absolute Gasteiger partial charge is 0.490 e. The Balaban J connectivity index is 1.64. The lowest BCUT2D eigenvalue weighted by Gasteiger charge is -2.24. The Morgan fingerprint density at radius 3 is 2.65 bits per heavy atom. The minimum atomic E-state index is -0.613. The maximum atomic E-state index is 13.6. The van der Waals surface area contributed by atoms with Crippen molar-refractivity contribution in [3.63, 3.8) is 0 Å². The molecule has 2 aromatic carbocycles. The summed E-state index contributed by atoms with van der Waals surface area (Å²) < 4.78 is 24.6. The monoisotopic (exact) mass is 527 g/mol. The van der Waals surface area contributed by atoms with Crippen LogP contribution >= 0.6 is 15.9 Å². The number of methoxy groups -OCH3 is 1. The number of benzene rings is 2. The highest BCUT2D eigenvalue weighted by Gasteiger charge is 2.26. The molecule has 0 amide bonds. The van der Waals surface area contributed by atoms with Crippen molar-refractivity contribution in [1.29, 1.82) is 0 Å². The van der Waals surface area contributed by atoms with Gasteiger partial charge >= 0.3 is 5.97 Å². The summed E-state index contributed by atoms with van der Waals surface area (Å²) in [5, 5.41) is 1.08. The van der Waals surface area contributed by atoms with Crippen LogP contribution in [0.1, 0.15) is 48.2 Å². The average molecular weight is 528 g/mol. The van der Waals surface area contributed by atoms with Gasteiger partial charge in [0.2, 0.25) is 6.79 Å². The maximum Gasteiger partial charge on any atom is 0.358 e. The smallest absolute Gasteiger partial charge is 0.358 e. The van der Waals surface area contributed by atoms with Crippen LogP contribution in [0.3, 0.4) is 0 Å². The average Bonchev–Trinajstić information content (AvgIpc) is 3.33. The maximum absolute atomic E-state index is 13.6. The van der Waals surface area contributed by atoms with E-state index in [2.05, 4.69) is 15.9 Å². The van der Waals surface area contributed by atoms with Gasteiger partial charge in [-0.25, -0.2) is 4.79 Å². The van der Waals surface area contributed by atoms with E-state index in [4.69, 9.17) is 18.9 Å². The summed E-state index contributed by atoms with van der Waals surface area (Å²) in [7, 11) is 1.31. The standard InChI is InChI=1S/C26H26BrNO6/c1-31-26(30)23-24(32-14-16-5-3-2-4-6-16)20-12-18(27)8-9-19(20)25(29)28(23)13-17-7-10-21-22(11-17)34-15-33-21/h7-12,16H,2-6,13-15H2,1H3. The van der Waals surface area contributed by atoms with Crippen LogP contribution in [0.2, 0.25) is 0 Å². The topological polar surface area (TPSA) is 76.0 Å². The number of esters is 1. The minimum absolute atomic E-state index is 0.117. The molecule has 0 saturated heterocycles. The van der Waals surface area contributed by atoms with Crippen LogP contribution in [0.15, 0.2) is 45.7 Å². The molecule has 1 aromatic heterocycles. The van der Waals surface area contributed by atoms with Gasteiger partial charge in [0, 0.05) is 9.86 Å². The van der Waals surface area contributed by atoms with Gasteiger partial charge in [0.05, 0.1) is 25.6 Å². The molecule has 1 fully saturated rings. The molecule has 7 nitrogen and oxygen atoms in total. The fourth-order valence-electron chi connectivity index (χ4n) is 4.76. The predicted octanol–water partition coefficient (Wildman–Crippen LogP) is 5.29. The number of carbonyl (C=O) groups excluding carboxylic acids is 1. The van der Waals surface area contributed by atoms with Gasteiger partial charge in [0.1, 0.15) is 0 Å². The van der Waals surface area contributed by atoms with Gasteiger partial charge in [0.25, 0.3) is 5.56 Å². The lowest BCUT2D eigenvalue weighted by molar-refractivity contribution is 0.0580. The Labute approximate surface area is 205 Å². The van der Waals surface area contributed by atoms with Crippen molar-refractivity contribution in [2.75, 3.05) is 20.5 Å². The molecule has 2 heterocycles. The molecule has 0 atom stereocenters. The highest BCUT2D eigenvalue weighted by Crippen LogP contribution is 2.35. The molecule has 0 bridgehead atoms. The molecular formula is C26H26BrNO6. The van der Waals surface area contributed by atoms with E-state index in [0.29, 0.717) is 40.5 Å². The first-order valence-corrected chi connectivity index (χ1v) is 12.3. The molecule has 0 N–H and O–H groups in total. The second kappa shape index (κ2) is 9.70. The summed E-state index contributed by atoms with van der Waals surface area (Å²) in [5.41, 5.74) is 0.628. The summed E-state index contributed by atoms with van der Waals surface area (Å²) >= 11 is 3.49. The molecule has 5 rings (SSSR count). The van der Waals surface area contributed by atoms with E-state index in [1.54, 1.807) is 12.1 Å². The SMILES string of the molecule is COC(=O)c1c(OCC2CCCCC2)c2cc(Br)ccc2c(=O)n1Cc1ccc2c(c1)OCO2. The van der Waals surface area contributed by atoms with Crippen molar-refractivity contribution in [3.05, 3.63) is 62.5 Å². The Morgan fingerprint density at radius 2 is 1.85 bits per heavy atom. The van der Waals surface area contributed by atoms with E-state index in [1.807, 2.05) is 24.3 Å². The summed E-state index contributed by atoms with van der Waals surface area (Å²) in [6.45, 7) is 0.815. The molecule has 2 aliphatic rings. The van der Waals surface area contributed by atoms with Crippen molar-refractivity contribution in [2.45, 2.75) is 38.6 Å². The Bertz CT molecular complexity index is 1290. The van der Waals surface area contributed by atoms with Gasteiger partial charge in [-0.3, -0.25) is 9.36 Å². The normalized spacial score (nSPS) is 15.5. The van der Waals surface area contributed by atoms with E-state index in [9.17, 15) is 9.59 Å². The first-order valence-electron chi connectivity index (χ1n) is 11.5. The summed E-state index contributed by atoms with van der Waals surface area (Å²) in [4.78, 5) is 26.7. The highest BCUT2D eigenvalue weighted by atomic mass is 79.9. The molecule has 0 spiro atoms. The van der Waals surface area contributed by atoms with E-state index in [-0.39, 0.29) is 24.6 Å².